The van der Waals surface area contributed by atoms with Crippen molar-refractivity contribution in [1.29, 1.82) is 5.26 Å². The number of aromatic hydroxyl groups is 1. The van der Waals surface area contributed by atoms with Crippen LogP contribution in [0.3, 0.4) is 0 Å². The molecule has 17 heavy (non-hydrogen) atoms. The highest BCUT2D eigenvalue weighted by molar-refractivity contribution is 5.33. The minimum atomic E-state index is -0.0524. The first-order valence-electron chi connectivity index (χ1n) is 6.34. The standard InChI is InChI=1S/C15H19NO/c1-15(9-3-2-4-10-15)14(11-16)12-5-7-13(17)8-6-12/h5-8,14,17H,2-4,9-10H2,1H3. The van der Waals surface area contributed by atoms with Crippen LogP contribution in [-0.4, -0.2) is 5.11 Å². The fraction of sp³-hybridized carbons (Fsp3) is 0.533. The van der Waals surface area contributed by atoms with Gasteiger partial charge in [-0.15, -0.1) is 0 Å². The molecule has 1 saturated carbocycles. The van der Waals surface area contributed by atoms with Crippen molar-refractivity contribution in [2.45, 2.75) is 44.9 Å². The Hall–Kier alpha value is -1.49. The molecule has 2 heteroatoms. The molecule has 1 fully saturated rings. The van der Waals surface area contributed by atoms with Gasteiger partial charge in [-0.25, -0.2) is 0 Å². The maximum atomic E-state index is 9.45. The maximum Gasteiger partial charge on any atom is 0.115 e. The van der Waals surface area contributed by atoms with E-state index in [1.165, 1.54) is 19.3 Å². The molecule has 0 aliphatic heterocycles. The average Bonchev–Trinajstić information content (AvgIpc) is 2.33. The van der Waals surface area contributed by atoms with Crippen LogP contribution in [0.4, 0.5) is 0 Å². The van der Waals surface area contributed by atoms with Gasteiger partial charge in [-0.2, -0.15) is 5.26 Å². The second kappa shape index (κ2) is 4.79. The van der Waals surface area contributed by atoms with E-state index in [4.69, 9.17) is 0 Å². The quantitative estimate of drug-likeness (QED) is 0.833. The number of rotatable bonds is 2. The van der Waals surface area contributed by atoms with Crippen molar-refractivity contribution in [3.8, 4) is 11.8 Å². The van der Waals surface area contributed by atoms with Crippen molar-refractivity contribution in [3.05, 3.63) is 29.8 Å². The topological polar surface area (TPSA) is 44.0 Å². The molecule has 1 unspecified atom stereocenters. The Morgan fingerprint density at radius 1 is 1.18 bits per heavy atom. The van der Waals surface area contributed by atoms with Gasteiger partial charge in [-0.1, -0.05) is 38.3 Å². The van der Waals surface area contributed by atoms with Gasteiger partial charge in [0.25, 0.3) is 0 Å². The highest BCUT2D eigenvalue weighted by atomic mass is 16.3. The second-order valence-corrected chi connectivity index (χ2v) is 5.37. The van der Waals surface area contributed by atoms with Gasteiger partial charge in [0.15, 0.2) is 0 Å². The summed E-state index contributed by atoms with van der Waals surface area (Å²) in [6, 6.07) is 9.57. The molecular weight excluding hydrogens is 210 g/mol. The van der Waals surface area contributed by atoms with Crippen molar-refractivity contribution < 1.29 is 5.11 Å². The van der Waals surface area contributed by atoms with Crippen molar-refractivity contribution in [1.82, 2.24) is 0 Å². The number of benzene rings is 1. The van der Waals surface area contributed by atoms with Gasteiger partial charge in [0, 0.05) is 0 Å². The monoisotopic (exact) mass is 229 g/mol. The molecule has 1 atom stereocenters. The lowest BCUT2D eigenvalue weighted by molar-refractivity contribution is 0.194. The van der Waals surface area contributed by atoms with Crippen molar-refractivity contribution >= 4 is 0 Å². The summed E-state index contributed by atoms with van der Waals surface area (Å²) in [6.07, 6.45) is 6.01. The van der Waals surface area contributed by atoms with Crippen LogP contribution in [0.15, 0.2) is 24.3 Å². The predicted octanol–water partition coefficient (Wildman–Crippen LogP) is 3.97. The van der Waals surface area contributed by atoms with Crippen LogP contribution >= 0.6 is 0 Å². The van der Waals surface area contributed by atoms with Crippen LogP contribution in [-0.2, 0) is 0 Å². The van der Waals surface area contributed by atoms with Gasteiger partial charge in [0.05, 0.1) is 12.0 Å². The first-order valence-corrected chi connectivity index (χ1v) is 6.34. The lowest BCUT2D eigenvalue weighted by atomic mass is 9.65. The zero-order valence-electron chi connectivity index (χ0n) is 10.3. The van der Waals surface area contributed by atoms with Gasteiger partial charge in [-0.3, -0.25) is 0 Å². The smallest absolute Gasteiger partial charge is 0.115 e. The zero-order chi connectivity index (χ0) is 12.3. The summed E-state index contributed by atoms with van der Waals surface area (Å²) < 4.78 is 0. The molecule has 1 N–H and O–H groups in total. The van der Waals surface area contributed by atoms with Gasteiger partial charge < -0.3 is 5.11 Å². The summed E-state index contributed by atoms with van der Waals surface area (Å²) in [5.41, 5.74) is 1.14. The molecule has 0 spiro atoms. The van der Waals surface area contributed by atoms with Crippen molar-refractivity contribution in [3.63, 3.8) is 0 Å². The second-order valence-electron chi connectivity index (χ2n) is 5.37. The fourth-order valence-electron chi connectivity index (χ4n) is 2.95. The van der Waals surface area contributed by atoms with Crippen molar-refractivity contribution in [2.24, 2.45) is 5.41 Å². The minimum absolute atomic E-state index is 0.0524. The SMILES string of the molecule is CC1(C(C#N)c2ccc(O)cc2)CCCCC1. The van der Waals surface area contributed by atoms with Gasteiger partial charge >= 0.3 is 0 Å². The van der Waals surface area contributed by atoms with E-state index in [0.717, 1.165) is 18.4 Å². The molecule has 0 bridgehead atoms. The number of hydrogen-bond acceptors (Lipinski definition) is 2. The Morgan fingerprint density at radius 2 is 1.76 bits per heavy atom. The fourth-order valence-corrected chi connectivity index (χ4v) is 2.95. The molecule has 0 saturated heterocycles. The third-order valence-electron chi connectivity index (χ3n) is 4.05. The Kier molecular flexibility index (Phi) is 3.38. The van der Waals surface area contributed by atoms with E-state index < -0.39 is 0 Å². The highest BCUT2D eigenvalue weighted by Crippen LogP contribution is 2.46. The van der Waals surface area contributed by atoms with Crippen LogP contribution in [0.2, 0.25) is 0 Å². The number of hydrogen-bond donors (Lipinski definition) is 1. The van der Waals surface area contributed by atoms with E-state index in [0.29, 0.717) is 0 Å². The third-order valence-corrected chi connectivity index (χ3v) is 4.05. The first-order chi connectivity index (χ1) is 8.15. The Balaban J connectivity index is 2.27. The number of phenols is 1. The van der Waals surface area contributed by atoms with E-state index in [9.17, 15) is 10.4 Å². The molecule has 1 aromatic carbocycles. The first kappa shape index (κ1) is 12.0. The van der Waals surface area contributed by atoms with Gasteiger partial charge in [0.2, 0.25) is 0 Å². The highest BCUT2D eigenvalue weighted by Gasteiger charge is 2.36. The lowest BCUT2D eigenvalue weighted by Gasteiger charge is -2.37. The molecule has 1 aliphatic rings. The average molecular weight is 229 g/mol. The van der Waals surface area contributed by atoms with E-state index in [1.807, 2.05) is 12.1 Å². The molecule has 90 valence electrons. The molecule has 2 nitrogen and oxygen atoms in total. The Bertz CT molecular complexity index is 410. The zero-order valence-corrected chi connectivity index (χ0v) is 10.3. The lowest BCUT2D eigenvalue weighted by Crippen LogP contribution is -2.27. The summed E-state index contributed by atoms with van der Waals surface area (Å²) >= 11 is 0. The molecule has 0 radical (unpaired) electrons. The summed E-state index contributed by atoms with van der Waals surface area (Å²) in [5.74, 6) is 0.211. The molecule has 0 amide bonds. The number of nitrogens with zero attached hydrogens (tertiary/aromatic N) is 1. The molecule has 0 aromatic heterocycles. The van der Waals surface area contributed by atoms with Gasteiger partial charge in [0.1, 0.15) is 5.75 Å². The van der Waals surface area contributed by atoms with Crippen LogP contribution in [0.1, 0.15) is 50.5 Å². The molecule has 1 aromatic rings. The third kappa shape index (κ3) is 2.44. The largest absolute Gasteiger partial charge is 0.508 e. The van der Waals surface area contributed by atoms with Crippen LogP contribution < -0.4 is 0 Å². The van der Waals surface area contributed by atoms with E-state index in [1.54, 1.807) is 12.1 Å². The Morgan fingerprint density at radius 3 is 2.29 bits per heavy atom. The Labute approximate surface area is 103 Å². The summed E-state index contributed by atoms with van der Waals surface area (Å²) in [6.45, 7) is 2.23. The number of nitriles is 1. The molecule has 0 heterocycles. The molecule has 1 aliphatic carbocycles. The molecule has 2 rings (SSSR count). The number of phenolic OH excluding ortho intramolecular Hbond substituents is 1. The predicted molar refractivity (Wildman–Crippen MR) is 67.7 cm³/mol. The van der Waals surface area contributed by atoms with Crippen LogP contribution in [0, 0.1) is 16.7 Å². The maximum absolute atomic E-state index is 9.45. The summed E-state index contributed by atoms with van der Waals surface area (Å²) in [4.78, 5) is 0. The van der Waals surface area contributed by atoms with E-state index >= 15 is 0 Å². The summed E-state index contributed by atoms with van der Waals surface area (Å²) in [5, 5.41) is 18.8. The summed E-state index contributed by atoms with van der Waals surface area (Å²) in [7, 11) is 0. The van der Waals surface area contributed by atoms with Crippen LogP contribution in [0.5, 0.6) is 5.75 Å². The van der Waals surface area contributed by atoms with E-state index in [2.05, 4.69) is 13.0 Å². The molecular formula is C15H19NO. The van der Waals surface area contributed by atoms with E-state index in [-0.39, 0.29) is 17.1 Å². The minimum Gasteiger partial charge on any atom is -0.508 e. The van der Waals surface area contributed by atoms with Gasteiger partial charge in [-0.05, 0) is 36.0 Å². The van der Waals surface area contributed by atoms with Crippen molar-refractivity contribution in [2.75, 3.05) is 0 Å². The van der Waals surface area contributed by atoms with Crippen LogP contribution in [0.25, 0.3) is 0 Å². The normalized spacial score (nSPS) is 20.5.